The van der Waals surface area contributed by atoms with Crippen molar-refractivity contribution in [2.45, 2.75) is 39.8 Å². The van der Waals surface area contributed by atoms with Crippen LogP contribution in [0.2, 0.25) is 0 Å². The van der Waals surface area contributed by atoms with Gasteiger partial charge in [-0.25, -0.2) is 9.98 Å². The zero-order chi connectivity index (χ0) is 20.7. The number of aromatic nitrogens is 1. The molecule has 166 valence electrons. The molecule has 1 aromatic carbocycles. The quantitative estimate of drug-likeness (QED) is 0.327. The monoisotopic (exact) mass is 527 g/mol. The number of oxazole rings is 1. The lowest BCUT2D eigenvalue weighted by molar-refractivity contribution is -0.00834. The molecule has 3 rings (SSSR count). The van der Waals surface area contributed by atoms with E-state index in [0.717, 1.165) is 56.7 Å². The summed E-state index contributed by atoms with van der Waals surface area (Å²) in [6, 6.07) is 8.22. The van der Waals surface area contributed by atoms with Crippen LogP contribution in [0.4, 0.5) is 0 Å². The molecule has 8 heteroatoms. The Morgan fingerprint density at radius 1 is 1.17 bits per heavy atom. The first kappa shape index (κ1) is 24.6. The fourth-order valence-electron chi connectivity index (χ4n) is 3.30. The van der Waals surface area contributed by atoms with Crippen LogP contribution in [-0.4, -0.2) is 60.8 Å². The molecule has 30 heavy (non-hydrogen) atoms. The topological polar surface area (TPSA) is 74.9 Å². The number of morpholine rings is 1. The van der Waals surface area contributed by atoms with E-state index in [1.807, 2.05) is 12.1 Å². The zero-order valence-electron chi connectivity index (χ0n) is 18.4. The molecular formula is C22H34IN5O2. The van der Waals surface area contributed by atoms with Crippen LogP contribution in [0.1, 0.15) is 32.2 Å². The van der Waals surface area contributed by atoms with Crippen molar-refractivity contribution in [2.24, 2.45) is 4.99 Å². The van der Waals surface area contributed by atoms with Crippen LogP contribution >= 0.6 is 24.0 Å². The first-order valence-electron chi connectivity index (χ1n) is 10.3. The molecule has 1 aromatic heterocycles. The number of aryl methyl sites for hydroxylation is 1. The van der Waals surface area contributed by atoms with E-state index in [1.165, 1.54) is 5.56 Å². The smallest absolute Gasteiger partial charge is 0.216 e. The van der Waals surface area contributed by atoms with Gasteiger partial charge in [0.15, 0.2) is 11.7 Å². The number of benzene rings is 1. The standard InChI is InChI=1S/C22H33N5O2.HI/c1-5-23-21(26-16-22(3,4)27-10-12-28-13-11-27)25-15-20-24-14-19(29-20)18-8-6-17(2)7-9-18;/h6-9,14H,5,10-13,15-16H2,1-4H3,(H2,23,25,26);1H. The predicted octanol–water partition coefficient (Wildman–Crippen LogP) is 3.43. The molecule has 1 fully saturated rings. The van der Waals surface area contributed by atoms with Gasteiger partial charge in [-0.2, -0.15) is 0 Å². The number of ether oxygens (including phenoxy) is 1. The maximum atomic E-state index is 5.88. The van der Waals surface area contributed by atoms with Crippen LogP contribution in [0.3, 0.4) is 0 Å². The Morgan fingerprint density at radius 3 is 2.53 bits per heavy atom. The minimum absolute atomic E-state index is 0. The highest BCUT2D eigenvalue weighted by molar-refractivity contribution is 14.0. The van der Waals surface area contributed by atoms with Gasteiger partial charge in [0.25, 0.3) is 0 Å². The Balaban J connectivity index is 0.00000320. The van der Waals surface area contributed by atoms with Crippen molar-refractivity contribution in [3.63, 3.8) is 0 Å². The van der Waals surface area contributed by atoms with Gasteiger partial charge in [0.2, 0.25) is 5.89 Å². The summed E-state index contributed by atoms with van der Waals surface area (Å²) in [4.78, 5) is 11.5. The van der Waals surface area contributed by atoms with Crippen LogP contribution < -0.4 is 10.6 Å². The van der Waals surface area contributed by atoms with Gasteiger partial charge in [-0.3, -0.25) is 4.90 Å². The molecule has 1 aliphatic rings. The lowest BCUT2D eigenvalue weighted by Gasteiger charge is -2.41. The second kappa shape index (κ2) is 11.7. The number of hydrogen-bond acceptors (Lipinski definition) is 5. The first-order valence-corrected chi connectivity index (χ1v) is 10.3. The van der Waals surface area contributed by atoms with Crippen molar-refractivity contribution in [1.29, 1.82) is 0 Å². The number of aliphatic imine (C=N–C) groups is 1. The summed E-state index contributed by atoms with van der Waals surface area (Å²) in [6.07, 6.45) is 1.76. The molecule has 0 radical (unpaired) electrons. The molecule has 1 aliphatic heterocycles. The summed E-state index contributed by atoms with van der Waals surface area (Å²) in [6.45, 7) is 14.1. The molecule has 2 N–H and O–H groups in total. The van der Waals surface area contributed by atoms with Gasteiger partial charge in [-0.15, -0.1) is 24.0 Å². The van der Waals surface area contributed by atoms with E-state index in [4.69, 9.17) is 9.15 Å². The van der Waals surface area contributed by atoms with Gasteiger partial charge >= 0.3 is 0 Å². The van der Waals surface area contributed by atoms with Gasteiger partial charge < -0.3 is 19.8 Å². The van der Waals surface area contributed by atoms with E-state index < -0.39 is 0 Å². The Kier molecular flexibility index (Phi) is 9.57. The second-order valence-corrected chi connectivity index (χ2v) is 7.94. The van der Waals surface area contributed by atoms with E-state index >= 15 is 0 Å². The van der Waals surface area contributed by atoms with Gasteiger partial charge in [0.05, 0.1) is 19.4 Å². The lowest BCUT2D eigenvalue weighted by atomic mass is 10.0. The Morgan fingerprint density at radius 2 is 1.87 bits per heavy atom. The van der Waals surface area contributed by atoms with Crippen molar-refractivity contribution < 1.29 is 9.15 Å². The Labute approximate surface area is 196 Å². The van der Waals surface area contributed by atoms with Gasteiger partial charge in [0, 0.05) is 37.3 Å². The van der Waals surface area contributed by atoms with E-state index in [-0.39, 0.29) is 29.5 Å². The molecule has 2 heterocycles. The number of hydrogen-bond donors (Lipinski definition) is 2. The molecule has 1 saturated heterocycles. The summed E-state index contributed by atoms with van der Waals surface area (Å²) in [5.74, 6) is 2.13. The zero-order valence-corrected chi connectivity index (χ0v) is 20.7. The van der Waals surface area contributed by atoms with Gasteiger partial charge in [-0.1, -0.05) is 29.8 Å². The van der Waals surface area contributed by atoms with E-state index in [9.17, 15) is 0 Å². The van der Waals surface area contributed by atoms with E-state index in [2.05, 4.69) is 65.3 Å². The summed E-state index contributed by atoms with van der Waals surface area (Å²) >= 11 is 0. The van der Waals surface area contributed by atoms with Crippen molar-refractivity contribution in [3.05, 3.63) is 41.9 Å². The molecule has 7 nitrogen and oxygen atoms in total. The lowest BCUT2D eigenvalue weighted by Crippen LogP contribution is -2.56. The average Bonchev–Trinajstić information content (AvgIpc) is 3.20. The third kappa shape index (κ3) is 6.95. The van der Waals surface area contributed by atoms with Crippen molar-refractivity contribution in [2.75, 3.05) is 39.4 Å². The third-order valence-electron chi connectivity index (χ3n) is 5.16. The molecule has 0 bridgehead atoms. The highest BCUT2D eigenvalue weighted by atomic mass is 127. The molecule has 0 spiro atoms. The Hall–Kier alpha value is -1.65. The molecule has 0 atom stereocenters. The third-order valence-corrected chi connectivity index (χ3v) is 5.16. The maximum Gasteiger partial charge on any atom is 0.216 e. The molecule has 0 amide bonds. The minimum Gasteiger partial charge on any atom is -0.439 e. The first-order chi connectivity index (χ1) is 14.0. The number of nitrogens with one attached hydrogen (secondary N) is 2. The summed E-state index contributed by atoms with van der Waals surface area (Å²) in [7, 11) is 0. The van der Waals surface area contributed by atoms with Crippen LogP contribution in [0.25, 0.3) is 11.3 Å². The molecule has 2 aromatic rings. The largest absolute Gasteiger partial charge is 0.439 e. The molecule has 0 saturated carbocycles. The number of nitrogens with zero attached hydrogens (tertiary/aromatic N) is 3. The fourth-order valence-corrected chi connectivity index (χ4v) is 3.30. The van der Waals surface area contributed by atoms with Crippen molar-refractivity contribution in [3.8, 4) is 11.3 Å². The molecule has 0 unspecified atom stereocenters. The SMILES string of the molecule is CCNC(=NCc1ncc(-c2ccc(C)cc2)o1)NCC(C)(C)N1CCOCC1.I. The van der Waals surface area contributed by atoms with Gasteiger partial charge in [0.1, 0.15) is 6.54 Å². The van der Waals surface area contributed by atoms with Gasteiger partial charge in [-0.05, 0) is 27.7 Å². The maximum absolute atomic E-state index is 5.88. The number of guanidine groups is 1. The van der Waals surface area contributed by atoms with Crippen molar-refractivity contribution >= 4 is 29.9 Å². The highest BCUT2D eigenvalue weighted by Gasteiger charge is 2.28. The normalized spacial score (nSPS) is 15.5. The Bertz CT molecular complexity index is 798. The number of halogens is 1. The van der Waals surface area contributed by atoms with E-state index in [0.29, 0.717) is 12.4 Å². The van der Waals surface area contributed by atoms with Crippen LogP contribution in [0.15, 0.2) is 39.9 Å². The van der Waals surface area contributed by atoms with Crippen molar-refractivity contribution in [1.82, 2.24) is 20.5 Å². The fraction of sp³-hybridized carbons (Fsp3) is 0.545. The highest BCUT2D eigenvalue weighted by Crippen LogP contribution is 2.21. The van der Waals surface area contributed by atoms with Crippen LogP contribution in [0.5, 0.6) is 0 Å². The summed E-state index contributed by atoms with van der Waals surface area (Å²) in [5, 5.41) is 6.76. The number of rotatable bonds is 7. The summed E-state index contributed by atoms with van der Waals surface area (Å²) < 4.78 is 11.4. The summed E-state index contributed by atoms with van der Waals surface area (Å²) in [5.41, 5.74) is 2.26. The second-order valence-electron chi connectivity index (χ2n) is 7.94. The molecular weight excluding hydrogens is 493 g/mol. The van der Waals surface area contributed by atoms with Crippen LogP contribution in [0, 0.1) is 6.92 Å². The molecule has 0 aliphatic carbocycles. The average molecular weight is 527 g/mol. The van der Waals surface area contributed by atoms with E-state index in [1.54, 1.807) is 6.20 Å². The van der Waals surface area contributed by atoms with Crippen LogP contribution in [-0.2, 0) is 11.3 Å². The predicted molar refractivity (Wildman–Crippen MR) is 131 cm³/mol. The minimum atomic E-state index is 0.